The van der Waals surface area contributed by atoms with Crippen molar-refractivity contribution in [3.05, 3.63) is 51.7 Å². The molecule has 0 bridgehead atoms. The molecule has 0 saturated heterocycles. The molecule has 2 rings (SSSR count). The van der Waals surface area contributed by atoms with Crippen LogP contribution >= 0.6 is 22.9 Å². The van der Waals surface area contributed by atoms with Crippen LogP contribution in [0, 0.1) is 0 Å². The van der Waals surface area contributed by atoms with Gasteiger partial charge in [-0.25, -0.2) is 0 Å². The number of oxime groups is 1. The van der Waals surface area contributed by atoms with Crippen LogP contribution in [-0.4, -0.2) is 19.4 Å². The summed E-state index contributed by atoms with van der Waals surface area (Å²) in [5.41, 5.74) is 0. The molecule has 1 heterocycles. The zero-order valence-electron chi connectivity index (χ0n) is 9.58. The minimum absolute atomic E-state index is 0.382. The van der Waals surface area contributed by atoms with Crippen LogP contribution in [0.25, 0.3) is 0 Å². The summed E-state index contributed by atoms with van der Waals surface area (Å²) in [5, 5.41) is 6.42. The van der Waals surface area contributed by atoms with Crippen molar-refractivity contribution in [3.63, 3.8) is 0 Å². The Kier molecular flexibility index (Phi) is 5.05. The van der Waals surface area contributed by atoms with Gasteiger partial charge in [-0.05, 0) is 23.6 Å². The van der Waals surface area contributed by atoms with Crippen LogP contribution in [0.3, 0.4) is 0 Å². The summed E-state index contributed by atoms with van der Waals surface area (Å²) in [6.07, 6.45) is 1.68. The number of halogens is 1. The molecule has 0 radical (unpaired) electrons. The Balaban J connectivity index is 1.66. The van der Waals surface area contributed by atoms with Crippen molar-refractivity contribution in [2.45, 2.75) is 0 Å². The zero-order chi connectivity index (χ0) is 12.6. The summed E-state index contributed by atoms with van der Waals surface area (Å²) >= 11 is 7.55. The highest BCUT2D eigenvalue weighted by Crippen LogP contribution is 2.22. The second-order valence-corrected chi connectivity index (χ2v) is 4.75. The third-order valence-electron chi connectivity index (χ3n) is 2.07. The van der Waals surface area contributed by atoms with Crippen molar-refractivity contribution < 1.29 is 9.57 Å². The molecule has 0 N–H and O–H groups in total. The maximum atomic E-state index is 5.94. The fourth-order valence-corrected chi connectivity index (χ4v) is 2.02. The van der Waals surface area contributed by atoms with Crippen LogP contribution in [0.1, 0.15) is 4.88 Å². The van der Waals surface area contributed by atoms with Crippen molar-refractivity contribution in [2.24, 2.45) is 5.16 Å². The third kappa shape index (κ3) is 4.05. The van der Waals surface area contributed by atoms with Crippen molar-refractivity contribution in [3.8, 4) is 5.75 Å². The van der Waals surface area contributed by atoms with E-state index in [-0.39, 0.29) is 0 Å². The lowest BCUT2D eigenvalue weighted by Gasteiger charge is -2.06. The van der Waals surface area contributed by atoms with Gasteiger partial charge < -0.3 is 9.57 Å². The number of hydrogen-bond donors (Lipinski definition) is 0. The molecule has 0 aliphatic heterocycles. The second kappa shape index (κ2) is 7.03. The molecule has 0 atom stereocenters. The van der Waals surface area contributed by atoms with Crippen LogP contribution in [0.15, 0.2) is 46.9 Å². The minimum atomic E-state index is 0.382. The van der Waals surface area contributed by atoms with Gasteiger partial charge in [-0.3, -0.25) is 0 Å². The van der Waals surface area contributed by atoms with Crippen LogP contribution in [-0.2, 0) is 4.84 Å². The Labute approximate surface area is 115 Å². The average Bonchev–Trinajstić information content (AvgIpc) is 2.89. The lowest BCUT2D eigenvalue weighted by Crippen LogP contribution is -2.04. The van der Waals surface area contributed by atoms with Crippen molar-refractivity contribution in [2.75, 3.05) is 13.2 Å². The third-order valence-corrected chi connectivity index (χ3v) is 3.19. The van der Waals surface area contributed by atoms with Crippen LogP contribution in [0.2, 0.25) is 5.02 Å². The van der Waals surface area contributed by atoms with Crippen molar-refractivity contribution in [1.29, 1.82) is 0 Å². The predicted octanol–water partition coefficient (Wildman–Crippen LogP) is 3.83. The topological polar surface area (TPSA) is 30.8 Å². The lowest BCUT2D eigenvalue weighted by atomic mass is 10.3. The number of nitrogens with zero attached hydrogens (tertiary/aromatic N) is 1. The molecule has 0 aliphatic rings. The number of rotatable bonds is 6. The smallest absolute Gasteiger partial charge is 0.151 e. The standard InChI is InChI=1S/C13H12ClNO2S/c14-12-5-1-2-6-13(12)16-7-8-17-15-10-11-4-3-9-18-11/h1-6,9-10H,7-8H2/b15-10+. The summed E-state index contributed by atoms with van der Waals surface area (Å²) in [6, 6.07) is 11.3. The van der Waals surface area contributed by atoms with Crippen molar-refractivity contribution >= 4 is 29.2 Å². The summed E-state index contributed by atoms with van der Waals surface area (Å²) < 4.78 is 5.45. The highest BCUT2D eigenvalue weighted by atomic mass is 35.5. The van der Waals surface area contributed by atoms with Crippen LogP contribution in [0.4, 0.5) is 0 Å². The molecule has 2 aromatic rings. The molecule has 0 aliphatic carbocycles. The molecule has 18 heavy (non-hydrogen) atoms. The van der Waals surface area contributed by atoms with Gasteiger partial charge >= 0.3 is 0 Å². The van der Waals surface area contributed by atoms with Gasteiger partial charge in [0.15, 0.2) is 6.61 Å². The first-order valence-electron chi connectivity index (χ1n) is 5.42. The first-order chi connectivity index (χ1) is 8.86. The molecule has 0 spiro atoms. The molecule has 94 valence electrons. The SMILES string of the molecule is Clc1ccccc1OCCO/N=C/c1cccs1. The fraction of sp³-hybridized carbons (Fsp3) is 0.154. The molecule has 1 aromatic carbocycles. The number of ether oxygens (including phenoxy) is 1. The Morgan fingerprint density at radius 1 is 1.17 bits per heavy atom. The highest BCUT2D eigenvalue weighted by molar-refractivity contribution is 7.11. The number of thiophene rings is 1. The van der Waals surface area contributed by atoms with Gasteiger partial charge in [-0.1, -0.05) is 35.0 Å². The van der Waals surface area contributed by atoms with E-state index in [1.807, 2.05) is 35.7 Å². The van der Waals surface area contributed by atoms with E-state index in [9.17, 15) is 0 Å². The summed E-state index contributed by atoms with van der Waals surface area (Å²) in [5.74, 6) is 0.657. The first kappa shape index (κ1) is 12.9. The van der Waals surface area contributed by atoms with E-state index in [4.69, 9.17) is 21.2 Å². The summed E-state index contributed by atoms with van der Waals surface area (Å²) in [7, 11) is 0. The Morgan fingerprint density at radius 3 is 2.83 bits per heavy atom. The van der Waals surface area contributed by atoms with Gasteiger partial charge in [0.05, 0.1) is 11.2 Å². The molecule has 0 fully saturated rings. The fourth-order valence-electron chi connectivity index (χ4n) is 1.26. The molecule has 0 unspecified atom stereocenters. The van der Waals surface area contributed by atoms with E-state index in [1.165, 1.54) is 0 Å². The van der Waals surface area contributed by atoms with Gasteiger partial charge in [0.1, 0.15) is 12.4 Å². The van der Waals surface area contributed by atoms with E-state index in [0.717, 1.165) is 4.88 Å². The largest absolute Gasteiger partial charge is 0.488 e. The maximum Gasteiger partial charge on any atom is 0.151 e. The maximum absolute atomic E-state index is 5.94. The normalized spacial score (nSPS) is 10.7. The molecule has 5 heteroatoms. The summed E-state index contributed by atoms with van der Waals surface area (Å²) in [4.78, 5) is 6.13. The zero-order valence-corrected chi connectivity index (χ0v) is 11.2. The summed E-state index contributed by atoms with van der Waals surface area (Å²) in [6.45, 7) is 0.790. The van der Waals surface area contributed by atoms with Crippen LogP contribution < -0.4 is 4.74 Å². The van der Waals surface area contributed by atoms with Gasteiger partial charge in [-0.2, -0.15) is 0 Å². The number of para-hydroxylation sites is 1. The number of benzene rings is 1. The molecule has 1 aromatic heterocycles. The Morgan fingerprint density at radius 2 is 2.06 bits per heavy atom. The molecular formula is C13H12ClNO2S. The molecule has 0 saturated carbocycles. The van der Waals surface area contributed by atoms with E-state index in [0.29, 0.717) is 24.0 Å². The predicted molar refractivity (Wildman–Crippen MR) is 74.8 cm³/mol. The molecule has 3 nitrogen and oxygen atoms in total. The van der Waals surface area contributed by atoms with Gasteiger partial charge in [0.2, 0.25) is 0 Å². The quantitative estimate of drug-likeness (QED) is 0.458. The monoisotopic (exact) mass is 281 g/mol. The minimum Gasteiger partial charge on any atom is -0.488 e. The average molecular weight is 282 g/mol. The second-order valence-electron chi connectivity index (χ2n) is 3.36. The van der Waals surface area contributed by atoms with Gasteiger partial charge in [0, 0.05) is 4.88 Å². The first-order valence-corrected chi connectivity index (χ1v) is 6.68. The molecule has 0 amide bonds. The van der Waals surface area contributed by atoms with Gasteiger partial charge in [-0.15, -0.1) is 11.3 Å². The van der Waals surface area contributed by atoms with E-state index < -0.39 is 0 Å². The van der Waals surface area contributed by atoms with E-state index in [2.05, 4.69) is 5.16 Å². The molecular weight excluding hydrogens is 270 g/mol. The lowest BCUT2D eigenvalue weighted by molar-refractivity contribution is 0.108. The number of hydrogen-bond acceptors (Lipinski definition) is 4. The highest BCUT2D eigenvalue weighted by Gasteiger charge is 1.98. The van der Waals surface area contributed by atoms with Crippen LogP contribution in [0.5, 0.6) is 5.75 Å². The Bertz CT molecular complexity index is 499. The van der Waals surface area contributed by atoms with E-state index >= 15 is 0 Å². The van der Waals surface area contributed by atoms with E-state index in [1.54, 1.807) is 23.6 Å². The Hall–Kier alpha value is -1.52. The van der Waals surface area contributed by atoms with Crippen molar-refractivity contribution in [1.82, 2.24) is 0 Å². The van der Waals surface area contributed by atoms with Gasteiger partial charge in [0.25, 0.3) is 0 Å².